The Bertz CT molecular complexity index is 1490. The number of aryl methyl sites for hydroxylation is 1. The maximum Gasteiger partial charge on any atom is 0.332 e. The summed E-state index contributed by atoms with van der Waals surface area (Å²) in [6.07, 6.45) is 0. The number of amides is 1. The van der Waals surface area contributed by atoms with Crippen LogP contribution in [0.2, 0.25) is 5.02 Å². The highest BCUT2D eigenvalue weighted by Crippen LogP contribution is 2.45. The van der Waals surface area contributed by atoms with E-state index in [9.17, 15) is 14.4 Å². The predicted octanol–water partition coefficient (Wildman–Crippen LogP) is 2.99. The van der Waals surface area contributed by atoms with E-state index in [2.05, 4.69) is 4.98 Å². The number of aromatic amines is 1. The van der Waals surface area contributed by atoms with Crippen LogP contribution in [0.1, 0.15) is 17.0 Å². The lowest BCUT2D eigenvalue weighted by molar-refractivity contribution is -0.118. The molecule has 1 amide bonds. The number of carbonyl (C=O) groups is 1. The third-order valence-electron chi connectivity index (χ3n) is 6.05. The second-order valence-electron chi connectivity index (χ2n) is 7.74. The summed E-state index contributed by atoms with van der Waals surface area (Å²) in [7, 11) is 4.78. The summed E-state index contributed by atoms with van der Waals surface area (Å²) in [6, 6.07) is 14.7. The van der Waals surface area contributed by atoms with Crippen molar-refractivity contribution in [1.82, 2.24) is 14.1 Å². The minimum atomic E-state index is -0.675. The lowest BCUT2D eigenvalue weighted by atomic mass is 9.89. The standard InChI is InChI=1S/C23H19ClN4O3/c1-26-15-7-5-4-6-14(15)16(21(26)29)17-18-20(27(2)23(31)28(3)22(18)30)25-19(17)12-8-10-13(24)11-9-12/h4-11,16,25H,1-3H3/t16-/m0/s1. The van der Waals surface area contributed by atoms with Crippen LogP contribution in [0.3, 0.4) is 0 Å². The topological polar surface area (TPSA) is 80.1 Å². The number of carbonyl (C=O) groups excluding carboxylic acids is 1. The molecule has 31 heavy (non-hydrogen) atoms. The largest absolute Gasteiger partial charge is 0.340 e. The number of rotatable bonds is 2. The molecule has 0 saturated carbocycles. The average Bonchev–Trinajstić information content (AvgIpc) is 3.27. The van der Waals surface area contributed by atoms with Gasteiger partial charge in [0.1, 0.15) is 5.65 Å². The number of anilines is 1. The van der Waals surface area contributed by atoms with Gasteiger partial charge in [0.05, 0.1) is 17.0 Å². The molecule has 0 fully saturated rings. The first kappa shape index (κ1) is 19.4. The molecule has 8 heteroatoms. The summed E-state index contributed by atoms with van der Waals surface area (Å²) in [5.74, 6) is -0.806. The van der Waals surface area contributed by atoms with Crippen LogP contribution in [-0.4, -0.2) is 27.1 Å². The molecule has 3 heterocycles. The van der Waals surface area contributed by atoms with E-state index >= 15 is 0 Å². The molecular formula is C23H19ClN4O3. The summed E-state index contributed by atoms with van der Waals surface area (Å²) in [5.41, 5.74) is 3.08. The van der Waals surface area contributed by atoms with Crippen LogP contribution >= 0.6 is 11.6 Å². The molecule has 0 unspecified atom stereocenters. The molecule has 2 aromatic heterocycles. The van der Waals surface area contributed by atoms with Crippen molar-refractivity contribution in [1.29, 1.82) is 0 Å². The Labute approximate surface area is 182 Å². The lowest BCUT2D eigenvalue weighted by Gasteiger charge is -2.13. The van der Waals surface area contributed by atoms with Gasteiger partial charge in [-0.05, 0) is 29.3 Å². The summed E-state index contributed by atoms with van der Waals surface area (Å²) in [6.45, 7) is 0. The maximum atomic E-state index is 13.4. The fourth-order valence-electron chi connectivity index (χ4n) is 4.44. The van der Waals surface area contributed by atoms with Gasteiger partial charge in [-0.25, -0.2) is 4.79 Å². The van der Waals surface area contributed by atoms with Crippen LogP contribution in [0.25, 0.3) is 22.3 Å². The van der Waals surface area contributed by atoms with Crippen LogP contribution < -0.4 is 16.1 Å². The third-order valence-corrected chi connectivity index (χ3v) is 6.31. The van der Waals surface area contributed by atoms with E-state index in [4.69, 9.17) is 11.6 Å². The van der Waals surface area contributed by atoms with Crippen molar-refractivity contribution in [2.24, 2.45) is 14.1 Å². The average molecular weight is 435 g/mol. The summed E-state index contributed by atoms with van der Waals surface area (Å²) < 4.78 is 2.47. The third kappa shape index (κ3) is 2.63. The number of halogens is 1. The Morgan fingerprint density at radius 2 is 1.58 bits per heavy atom. The van der Waals surface area contributed by atoms with Crippen molar-refractivity contribution >= 4 is 34.2 Å². The Hall–Kier alpha value is -3.58. The Morgan fingerprint density at radius 1 is 0.903 bits per heavy atom. The first-order chi connectivity index (χ1) is 14.8. The molecule has 0 bridgehead atoms. The second-order valence-corrected chi connectivity index (χ2v) is 8.18. The summed E-state index contributed by atoms with van der Waals surface area (Å²) in [4.78, 5) is 44.1. The van der Waals surface area contributed by atoms with Crippen LogP contribution in [-0.2, 0) is 18.9 Å². The number of likely N-dealkylation sites (N-methyl/N-ethyl adjacent to an activating group) is 1. The van der Waals surface area contributed by atoms with Gasteiger partial charge >= 0.3 is 5.69 Å². The second kappa shape index (κ2) is 6.72. The Kier molecular flexibility index (Phi) is 4.20. The first-order valence-electron chi connectivity index (χ1n) is 9.75. The molecule has 1 N–H and O–H groups in total. The normalized spacial score (nSPS) is 15.7. The number of para-hydroxylation sites is 1. The van der Waals surface area contributed by atoms with Crippen molar-refractivity contribution in [3.05, 3.63) is 85.5 Å². The van der Waals surface area contributed by atoms with E-state index in [1.54, 1.807) is 31.1 Å². The van der Waals surface area contributed by atoms with E-state index in [0.717, 1.165) is 21.4 Å². The zero-order valence-corrected chi connectivity index (χ0v) is 17.9. The molecule has 1 aliphatic rings. The number of hydrogen-bond acceptors (Lipinski definition) is 3. The van der Waals surface area contributed by atoms with Crippen molar-refractivity contribution in [2.75, 3.05) is 11.9 Å². The van der Waals surface area contributed by atoms with E-state index in [0.29, 0.717) is 27.3 Å². The quantitative estimate of drug-likeness (QED) is 0.526. The van der Waals surface area contributed by atoms with Crippen LogP contribution in [0.15, 0.2) is 58.1 Å². The minimum absolute atomic E-state index is 0.131. The van der Waals surface area contributed by atoms with Gasteiger partial charge in [0, 0.05) is 37.4 Å². The Morgan fingerprint density at radius 3 is 2.29 bits per heavy atom. The minimum Gasteiger partial charge on any atom is -0.340 e. The number of hydrogen-bond donors (Lipinski definition) is 1. The van der Waals surface area contributed by atoms with Gasteiger partial charge in [-0.15, -0.1) is 0 Å². The molecule has 0 aliphatic carbocycles. The van der Waals surface area contributed by atoms with Crippen molar-refractivity contribution in [2.45, 2.75) is 5.92 Å². The summed E-state index contributed by atoms with van der Waals surface area (Å²) in [5, 5.41) is 0.907. The monoisotopic (exact) mass is 434 g/mol. The van der Waals surface area contributed by atoms with E-state index in [1.165, 1.54) is 11.6 Å². The lowest BCUT2D eigenvalue weighted by Crippen LogP contribution is -2.37. The van der Waals surface area contributed by atoms with Crippen molar-refractivity contribution in [3.63, 3.8) is 0 Å². The van der Waals surface area contributed by atoms with Gasteiger partial charge in [0.15, 0.2) is 0 Å². The highest BCUT2D eigenvalue weighted by molar-refractivity contribution is 6.30. The molecule has 5 rings (SSSR count). The zero-order valence-electron chi connectivity index (χ0n) is 17.1. The molecule has 2 aromatic carbocycles. The molecule has 0 spiro atoms. The fraction of sp³-hybridized carbons (Fsp3) is 0.174. The Balaban J connectivity index is 1.95. The summed E-state index contributed by atoms with van der Waals surface area (Å²) >= 11 is 6.08. The van der Waals surface area contributed by atoms with Crippen LogP contribution in [0, 0.1) is 0 Å². The molecule has 0 saturated heterocycles. The number of nitrogens with zero attached hydrogens (tertiary/aromatic N) is 3. The maximum absolute atomic E-state index is 13.4. The number of fused-ring (bicyclic) bond motifs is 2. The highest BCUT2D eigenvalue weighted by Gasteiger charge is 2.40. The SMILES string of the molecule is CN1C(=O)[C@H](c2c(-c3ccc(Cl)cc3)[nH]c3c2c(=O)n(C)c(=O)n3C)c2ccccc21. The van der Waals surface area contributed by atoms with Gasteiger partial charge in [0.25, 0.3) is 5.56 Å². The first-order valence-corrected chi connectivity index (χ1v) is 10.1. The van der Waals surface area contributed by atoms with Gasteiger partial charge in [0.2, 0.25) is 5.91 Å². The molecule has 1 atom stereocenters. The molecule has 1 aliphatic heterocycles. The van der Waals surface area contributed by atoms with E-state index in [1.807, 2.05) is 36.4 Å². The number of nitrogens with one attached hydrogen (secondary N) is 1. The van der Waals surface area contributed by atoms with Gasteiger partial charge in [-0.3, -0.25) is 18.7 Å². The highest BCUT2D eigenvalue weighted by atomic mass is 35.5. The smallest absolute Gasteiger partial charge is 0.332 e. The van der Waals surface area contributed by atoms with Crippen LogP contribution in [0.5, 0.6) is 0 Å². The number of H-pyrrole nitrogens is 1. The number of aromatic nitrogens is 3. The van der Waals surface area contributed by atoms with E-state index < -0.39 is 17.2 Å². The van der Waals surface area contributed by atoms with Gasteiger partial charge < -0.3 is 9.88 Å². The molecule has 156 valence electrons. The molecule has 7 nitrogen and oxygen atoms in total. The van der Waals surface area contributed by atoms with E-state index in [-0.39, 0.29) is 5.91 Å². The van der Waals surface area contributed by atoms with Crippen molar-refractivity contribution < 1.29 is 4.79 Å². The predicted molar refractivity (Wildman–Crippen MR) is 121 cm³/mol. The fourth-order valence-corrected chi connectivity index (χ4v) is 4.56. The molecule has 4 aromatic rings. The van der Waals surface area contributed by atoms with Crippen molar-refractivity contribution in [3.8, 4) is 11.3 Å². The number of benzene rings is 2. The zero-order chi connectivity index (χ0) is 22.0. The van der Waals surface area contributed by atoms with Gasteiger partial charge in [-0.1, -0.05) is 41.9 Å². The van der Waals surface area contributed by atoms with Crippen LogP contribution in [0.4, 0.5) is 5.69 Å². The van der Waals surface area contributed by atoms with Gasteiger partial charge in [-0.2, -0.15) is 0 Å². The molecular weight excluding hydrogens is 416 g/mol. The molecule has 0 radical (unpaired) electrons.